The first-order valence-corrected chi connectivity index (χ1v) is 9.89. The van der Waals surface area contributed by atoms with Crippen LogP contribution in [0.25, 0.3) is 0 Å². The van der Waals surface area contributed by atoms with Gasteiger partial charge in [-0.15, -0.1) is 0 Å². The number of rotatable bonds is 5. The third-order valence-electron chi connectivity index (χ3n) is 6.03. The average molecular weight is 376 g/mol. The number of hydrogen-bond acceptors (Lipinski definition) is 6. The summed E-state index contributed by atoms with van der Waals surface area (Å²) in [5, 5.41) is 0. The van der Waals surface area contributed by atoms with Crippen LogP contribution in [0.15, 0.2) is 0 Å². The number of ether oxygens (including phenoxy) is 1. The molecule has 0 saturated carbocycles. The second-order valence-electron chi connectivity index (χ2n) is 8.29. The minimum absolute atomic E-state index is 0.156. The zero-order valence-electron chi connectivity index (χ0n) is 17.4. The highest BCUT2D eigenvalue weighted by Crippen LogP contribution is 2.40. The molecule has 1 atom stereocenters. The molecule has 1 spiro atoms. The molecule has 0 N–H and O–H groups in total. The number of likely N-dealkylation sites (tertiary alicyclic amines) is 1. The molecule has 150 valence electrons. The lowest BCUT2D eigenvalue weighted by Gasteiger charge is -2.48. The Kier molecular flexibility index (Phi) is 5.89. The quantitative estimate of drug-likeness (QED) is 0.785. The van der Waals surface area contributed by atoms with Crippen molar-refractivity contribution in [2.24, 2.45) is 5.41 Å². The minimum Gasteiger partial charge on any atom is -0.383 e. The van der Waals surface area contributed by atoms with Crippen molar-refractivity contribution in [3.8, 4) is 0 Å². The highest BCUT2D eigenvalue weighted by Gasteiger charge is 2.42. The molecule has 0 bridgehead atoms. The van der Waals surface area contributed by atoms with Crippen LogP contribution >= 0.6 is 0 Å². The van der Waals surface area contributed by atoms with Gasteiger partial charge in [-0.2, -0.15) is 4.98 Å². The van der Waals surface area contributed by atoms with Gasteiger partial charge in [0.1, 0.15) is 5.82 Å². The Labute approximate surface area is 162 Å². The molecular formula is C20H33N5O2. The van der Waals surface area contributed by atoms with Gasteiger partial charge in [-0.05, 0) is 33.1 Å². The van der Waals surface area contributed by atoms with Gasteiger partial charge in [-0.1, -0.05) is 0 Å². The Morgan fingerprint density at radius 3 is 2.67 bits per heavy atom. The Balaban J connectivity index is 1.83. The van der Waals surface area contributed by atoms with E-state index in [1.807, 2.05) is 23.9 Å². The first kappa shape index (κ1) is 19.9. The number of carbonyl (C=O) groups is 1. The molecule has 7 nitrogen and oxygen atoms in total. The zero-order chi connectivity index (χ0) is 19.6. The van der Waals surface area contributed by atoms with Crippen molar-refractivity contribution in [3.63, 3.8) is 0 Å². The molecule has 1 aromatic rings. The zero-order valence-corrected chi connectivity index (χ0v) is 17.4. The van der Waals surface area contributed by atoms with Gasteiger partial charge in [0, 0.05) is 70.5 Å². The lowest BCUT2D eigenvalue weighted by atomic mass is 9.73. The number of anilines is 2. The highest BCUT2D eigenvalue weighted by molar-refractivity contribution is 5.77. The van der Waals surface area contributed by atoms with Crippen LogP contribution < -0.4 is 9.80 Å². The summed E-state index contributed by atoms with van der Waals surface area (Å²) in [4.78, 5) is 28.2. The van der Waals surface area contributed by atoms with E-state index >= 15 is 0 Å². The number of methoxy groups -OCH3 is 1. The van der Waals surface area contributed by atoms with E-state index in [1.54, 1.807) is 7.11 Å². The van der Waals surface area contributed by atoms with Crippen LogP contribution in [0, 0.1) is 19.3 Å². The van der Waals surface area contributed by atoms with E-state index in [2.05, 4.69) is 23.7 Å². The number of amides is 1. The smallest absolute Gasteiger partial charge is 0.227 e. The van der Waals surface area contributed by atoms with Crippen molar-refractivity contribution in [1.29, 1.82) is 0 Å². The number of nitrogens with zero attached hydrogens (tertiary/aromatic N) is 5. The van der Waals surface area contributed by atoms with Gasteiger partial charge in [0.15, 0.2) is 0 Å². The summed E-state index contributed by atoms with van der Waals surface area (Å²) < 4.78 is 5.20. The number of aryl methyl sites for hydroxylation is 1. The van der Waals surface area contributed by atoms with E-state index in [1.165, 1.54) is 6.42 Å². The number of hydrogen-bond donors (Lipinski definition) is 0. The molecule has 2 fully saturated rings. The van der Waals surface area contributed by atoms with E-state index in [-0.39, 0.29) is 11.3 Å². The summed E-state index contributed by atoms with van der Waals surface area (Å²) in [6, 6.07) is 0. The van der Waals surface area contributed by atoms with Crippen LogP contribution in [0.1, 0.15) is 36.9 Å². The maximum atomic E-state index is 12.3. The van der Waals surface area contributed by atoms with Gasteiger partial charge in [0.2, 0.25) is 11.9 Å². The van der Waals surface area contributed by atoms with E-state index in [0.717, 1.165) is 55.5 Å². The van der Waals surface area contributed by atoms with Crippen LogP contribution in [0.2, 0.25) is 0 Å². The summed E-state index contributed by atoms with van der Waals surface area (Å²) in [6.45, 7) is 8.25. The maximum absolute atomic E-state index is 12.3. The molecule has 2 aliphatic rings. The van der Waals surface area contributed by atoms with Crippen molar-refractivity contribution in [2.75, 3.05) is 63.8 Å². The molecule has 0 aromatic carbocycles. The second kappa shape index (κ2) is 8.00. The van der Waals surface area contributed by atoms with Crippen molar-refractivity contribution in [3.05, 3.63) is 11.3 Å². The Morgan fingerprint density at radius 1 is 1.19 bits per heavy atom. The van der Waals surface area contributed by atoms with Gasteiger partial charge in [-0.25, -0.2) is 4.98 Å². The summed E-state index contributed by atoms with van der Waals surface area (Å²) in [5.74, 6) is 2.07. The third-order valence-corrected chi connectivity index (χ3v) is 6.03. The van der Waals surface area contributed by atoms with Crippen LogP contribution in [0.4, 0.5) is 11.8 Å². The fraction of sp³-hybridized carbons (Fsp3) is 0.750. The maximum Gasteiger partial charge on any atom is 0.227 e. The van der Waals surface area contributed by atoms with Crippen LogP contribution in [-0.4, -0.2) is 74.8 Å². The minimum atomic E-state index is 0.156. The number of aromatic nitrogens is 2. The first-order valence-electron chi connectivity index (χ1n) is 9.89. The molecule has 7 heteroatoms. The van der Waals surface area contributed by atoms with Crippen LogP contribution in [0.3, 0.4) is 0 Å². The van der Waals surface area contributed by atoms with Crippen molar-refractivity contribution in [2.45, 2.75) is 39.5 Å². The van der Waals surface area contributed by atoms with Crippen LogP contribution in [-0.2, 0) is 9.53 Å². The summed E-state index contributed by atoms with van der Waals surface area (Å²) in [5.41, 5.74) is 2.34. The van der Waals surface area contributed by atoms with Crippen molar-refractivity contribution in [1.82, 2.24) is 14.9 Å². The molecule has 27 heavy (non-hydrogen) atoms. The van der Waals surface area contributed by atoms with E-state index in [9.17, 15) is 4.79 Å². The Bertz CT molecular complexity index is 693. The molecule has 3 heterocycles. The van der Waals surface area contributed by atoms with Gasteiger partial charge in [0.05, 0.1) is 6.61 Å². The van der Waals surface area contributed by atoms with Gasteiger partial charge >= 0.3 is 0 Å². The third kappa shape index (κ3) is 4.18. The lowest BCUT2D eigenvalue weighted by molar-refractivity contribution is -0.138. The molecule has 2 aliphatic heterocycles. The summed E-state index contributed by atoms with van der Waals surface area (Å²) in [7, 11) is 5.65. The SMILES string of the molecule is COCCN1C[C@@]2(CCCN(c3nc(N(C)C)nc(C)c3C)C2)CCC1=O. The van der Waals surface area contributed by atoms with Gasteiger partial charge in [0.25, 0.3) is 0 Å². The molecule has 0 radical (unpaired) electrons. The molecular weight excluding hydrogens is 342 g/mol. The average Bonchev–Trinajstić information content (AvgIpc) is 2.64. The van der Waals surface area contributed by atoms with E-state index in [4.69, 9.17) is 9.72 Å². The molecule has 0 aliphatic carbocycles. The predicted molar refractivity (Wildman–Crippen MR) is 107 cm³/mol. The number of piperidine rings is 2. The van der Waals surface area contributed by atoms with E-state index in [0.29, 0.717) is 19.6 Å². The van der Waals surface area contributed by atoms with E-state index < -0.39 is 0 Å². The molecule has 1 aromatic heterocycles. The standard InChI is InChI=1S/C20H33N5O2/c1-15-16(2)21-19(23(3)4)22-18(15)25-10-6-8-20(14-25)9-7-17(26)24(13-20)11-12-27-5/h6-14H2,1-5H3/t20-/m1/s1. The molecule has 0 unspecified atom stereocenters. The molecule has 1 amide bonds. The normalized spacial score (nSPS) is 23.2. The first-order chi connectivity index (χ1) is 12.8. The largest absolute Gasteiger partial charge is 0.383 e. The summed E-state index contributed by atoms with van der Waals surface area (Å²) >= 11 is 0. The molecule has 3 rings (SSSR count). The summed E-state index contributed by atoms with van der Waals surface area (Å²) in [6.07, 6.45) is 3.91. The van der Waals surface area contributed by atoms with Crippen molar-refractivity contribution < 1.29 is 9.53 Å². The Hall–Kier alpha value is -1.89. The lowest BCUT2D eigenvalue weighted by Crippen LogP contribution is -2.55. The predicted octanol–water partition coefficient (Wildman–Crippen LogP) is 2.01. The Morgan fingerprint density at radius 2 is 1.96 bits per heavy atom. The van der Waals surface area contributed by atoms with Crippen LogP contribution in [0.5, 0.6) is 0 Å². The van der Waals surface area contributed by atoms with Crippen molar-refractivity contribution >= 4 is 17.7 Å². The van der Waals surface area contributed by atoms with Gasteiger partial charge < -0.3 is 19.4 Å². The number of carbonyl (C=O) groups excluding carboxylic acids is 1. The van der Waals surface area contributed by atoms with Gasteiger partial charge in [-0.3, -0.25) is 4.79 Å². The highest BCUT2D eigenvalue weighted by atomic mass is 16.5. The fourth-order valence-electron chi connectivity index (χ4n) is 4.34. The fourth-order valence-corrected chi connectivity index (χ4v) is 4.34. The monoisotopic (exact) mass is 375 g/mol. The molecule has 2 saturated heterocycles. The second-order valence-corrected chi connectivity index (χ2v) is 8.29. The topological polar surface area (TPSA) is 61.8 Å².